The summed E-state index contributed by atoms with van der Waals surface area (Å²) < 4.78 is 15.6. The number of nitrogens with zero attached hydrogens (tertiary/aromatic N) is 7. The summed E-state index contributed by atoms with van der Waals surface area (Å²) in [7, 11) is 1.98. The highest BCUT2D eigenvalue weighted by molar-refractivity contribution is 5.99. The molecule has 2 atom stereocenters. The average Bonchev–Trinajstić information content (AvgIpc) is 3.60. The molecule has 0 bridgehead atoms. The van der Waals surface area contributed by atoms with Crippen molar-refractivity contribution in [3.63, 3.8) is 0 Å². The van der Waals surface area contributed by atoms with E-state index in [1.165, 1.54) is 0 Å². The number of aromatic nitrogens is 7. The number of pyridine rings is 1. The van der Waals surface area contributed by atoms with Crippen LogP contribution in [0.5, 0.6) is 0 Å². The van der Waals surface area contributed by atoms with Gasteiger partial charge in [0.15, 0.2) is 6.23 Å². The minimum Gasteiger partial charge on any atom is -0.377 e. The summed E-state index contributed by atoms with van der Waals surface area (Å²) >= 11 is 0. The molecule has 10 heteroatoms. The van der Waals surface area contributed by atoms with Crippen LogP contribution in [0.4, 0.5) is 5.69 Å². The Labute approximate surface area is 191 Å². The molecule has 0 amide bonds. The van der Waals surface area contributed by atoms with Crippen LogP contribution in [0.3, 0.4) is 0 Å². The Morgan fingerprint density at radius 3 is 2.88 bits per heavy atom. The highest BCUT2D eigenvalue weighted by Crippen LogP contribution is 2.37. The van der Waals surface area contributed by atoms with Gasteiger partial charge in [0.1, 0.15) is 16.7 Å². The molecule has 2 saturated heterocycles. The maximum Gasteiger partial charge on any atom is 0.150 e. The van der Waals surface area contributed by atoms with Crippen molar-refractivity contribution in [2.24, 2.45) is 7.05 Å². The van der Waals surface area contributed by atoms with Gasteiger partial charge in [-0.3, -0.25) is 9.78 Å². The summed E-state index contributed by atoms with van der Waals surface area (Å²) in [6.07, 6.45) is 6.66. The van der Waals surface area contributed by atoms with Gasteiger partial charge in [0.05, 0.1) is 36.0 Å². The van der Waals surface area contributed by atoms with E-state index in [1.807, 2.05) is 34.7 Å². The van der Waals surface area contributed by atoms with Gasteiger partial charge in [-0.1, -0.05) is 0 Å². The molecule has 0 aliphatic carbocycles. The fraction of sp³-hybridized carbons (Fsp3) is 0.478. The van der Waals surface area contributed by atoms with Crippen molar-refractivity contribution in [1.29, 1.82) is 0 Å². The number of morpholine rings is 1. The molecule has 1 unspecified atom stereocenters. The third kappa shape index (κ3) is 3.50. The lowest BCUT2D eigenvalue weighted by Gasteiger charge is -2.35. The Balaban J connectivity index is 1.56. The monoisotopic (exact) mass is 448 g/mol. The Bertz CT molecular complexity index is 1260. The number of aryl methyl sites for hydroxylation is 1. The molecule has 10 nitrogen and oxygen atoms in total. The first-order valence-electron chi connectivity index (χ1n) is 11.6. The van der Waals surface area contributed by atoms with Crippen LogP contribution >= 0.6 is 0 Å². The SMILES string of the molecule is C[C@@H]1COCCN1c1cc(-c2ccn[nH]2)nc2c(-c3ccnn3C3CCCCO3)nn(C)c12. The van der Waals surface area contributed by atoms with E-state index in [2.05, 4.69) is 33.2 Å². The minimum atomic E-state index is -0.0738. The minimum absolute atomic E-state index is 0.0738. The summed E-state index contributed by atoms with van der Waals surface area (Å²) in [5.74, 6) is 0. The van der Waals surface area contributed by atoms with Gasteiger partial charge >= 0.3 is 0 Å². The fourth-order valence-electron chi connectivity index (χ4n) is 4.92. The first-order chi connectivity index (χ1) is 16.2. The van der Waals surface area contributed by atoms with E-state index >= 15 is 0 Å². The normalized spacial score (nSPS) is 21.7. The number of ether oxygens (including phenoxy) is 2. The molecular formula is C23H28N8O2. The lowest BCUT2D eigenvalue weighted by molar-refractivity contribution is -0.0384. The van der Waals surface area contributed by atoms with Crippen molar-refractivity contribution in [3.05, 3.63) is 30.6 Å². The number of fused-ring (bicyclic) bond motifs is 1. The highest BCUT2D eigenvalue weighted by Gasteiger charge is 2.28. The number of anilines is 1. The summed E-state index contributed by atoms with van der Waals surface area (Å²) in [6.45, 7) is 5.16. The van der Waals surface area contributed by atoms with Crippen LogP contribution in [0.25, 0.3) is 33.8 Å². The highest BCUT2D eigenvalue weighted by atomic mass is 16.5. The second kappa shape index (κ2) is 8.27. The number of hydrogen-bond acceptors (Lipinski definition) is 7. The molecule has 6 heterocycles. The number of rotatable bonds is 4. The summed E-state index contributed by atoms with van der Waals surface area (Å²) in [4.78, 5) is 7.46. The molecule has 4 aromatic heterocycles. The second-order valence-corrected chi connectivity index (χ2v) is 8.77. The molecule has 2 aliphatic rings. The van der Waals surface area contributed by atoms with E-state index in [9.17, 15) is 0 Å². The second-order valence-electron chi connectivity index (χ2n) is 8.77. The molecule has 4 aromatic rings. The van der Waals surface area contributed by atoms with Crippen molar-refractivity contribution >= 4 is 16.7 Å². The van der Waals surface area contributed by atoms with E-state index in [0.29, 0.717) is 13.2 Å². The molecule has 172 valence electrons. The van der Waals surface area contributed by atoms with Crippen molar-refractivity contribution in [3.8, 4) is 22.8 Å². The largest absolute Gasteiger partial charge is 0.377 e. The van der Waals surface area contributed by atoms with Crippen LogP contribution < -0.4 is 4.90 Å². The van der Waals surface area contributed by atoms with E-state index in [0.717, 1.165) is 71.9 Å². The van der Waals surface area contributed by atoms with Gasteiger partial charge in [-0.25, -0.2) is 9.67 Å². The van der Waals surface area contributed by atoms with Crippen molar-refractivity contribution in [2.45, 2.75) is 38.5 Å². The first kappa shape index (κ1) is 20.4. The molecule has 1 N–H and O–H groups in total. The van der Waals surface area contributed by atoms with Gasteiger partial charge in [0.25, 0.3) is 0 Å². The average molecular weight is 449 g/mol. The molecule has 6 rings (SSSR count). The van der Waals surface area contributed by atoms with Crippen molar-refractivity contribution in [1.82, 2.24) is 34.7 Å². The van der Waals surface area contributed by atoms with E-state index in [1.54, 1.807) is 6.20 Å². The molecule has 33 heavy (non-hydrogen) atoms. The van der Waals surface area contributed by atoms with Crippen LogP contribution in [0.2, 0.25) is 0 Å². The Morgan fingerprint density at radius 1 is 1.15 bits per heavy atom. The molecule has 0 aromatic carbocycles. The summed E-state index contributed by atoms with van der Waals surface area (Å²) in [6, 6.07) is 6.32. The Hall–Kier alpha value is -3.24. The summed E-state index contributed by atoms with van der Waals surface area (Å²) in [5.41, 5.74) is 6.38. The molecule has 0 spiro atoms. The van der Waals surface area contributed by atoms with Crippen LogP contribution in [0.15, 0.2) is 30.6 Å². The van der Waals surface area contributed by atoms with Crippen LogP contribution in [-0.2, 0) is 16.5 Å². The van der Waals surface area contributed by atoms with Gasteiger partial charge in [-0.05, 0) is 44.4 Å². The van der Waals surface area contributed by atoms with Crippen LogP contribution in [0, 0.1) is 0 Å². The zero-order chi connectivity index (χ0) is 22.4. The van der Waals surface area contributed by atoms with E-state index in [4.69, 9.17) is 19.6 Å². The van der Waals surface area contributed by atoms with Gasteiger partial charge in [-0.2, -0.15) is 15.3 Å². The fourth-order valence-corrected chi connectivity index (χ4v) is 4.92. The topological polar surface area (TPSA) is 98.9 Å². The third-order valence-corrected chi connectivity index (χ3v) is 6.57. The zero-order valence-electron chi connectivity index (χ0n) is 18.9. The lowest BCUT2D eigenvalue weighted by atomic mass is 10.1. The lowest BCUT2D eigenvalue weighted by Crippen LogP contribution is -2.44. The Kier molecular flexibility index (Phi) is 5.11. The van der Waals surface area contributed by atoms with Crippen LogP contribution in [-0.4, -0.2) is 67.1 Å². The molecule has 0 saturated carbocycles. The van der Waals surface area contributed by atoms with E-state index in [-0.39, 0.29) is 12.3 Å². The summed E-state index contributed by atoms with van der Waals surface area (Å²) in [5, 5.41) is 16.7. The predicted octanol–water partition coefficient (Wildman–Crippen LogP) is 3.15. The number of hydrogen-bond donors (Lipinski definition) is 1. The molecular weight excluding hydrogens is 420 g/mol. The maximum atomic E-state index is 6.03. The molecule has 2 fully saturated rings. The smallest absolute Gasteiger partial charge is 0.150 e. The van der Waals surface area contributed by atoms with E-state index < -0.39 is 0 Å². The maximum absolute atomic E-state index is 6.03. The van der Waals surface area contributed by atoms with Gasteiger partial charge in [0, 0.05) is 38.6 Å². The number of H-pyrrole nitrogens is 1. The molecule has 0 radical (unpaired) electrons. The number of aromatic amines is 1. The predicted molar refractivity (Wildman–Crippen MR) is 124 cm³/mol. The standard InChI is InChI=1S/C23H28N8O2/c1-15-14-32-12-10-30(15)19-13-17(16-6-8-24-27-16)26-22-21(28-29(2)23(19)22)18-7-9-25-31(18)20-5-3-4-11-33-20/h6-9,13,15,20H,3-5,10-12,14H2,1-2H3,(H,24,27)/t15-,20?/m1/s1. The quantitative estimate of drug-likeness (QED) is 0.512. The zero-order valence-corrected chi connectivity index (χ0v) is 18.9. The van der Waals surface area contributed by atoms with Gasteiger partial charge in [-0.15, -0.1) is 0 Å². The van der Waals surface area contributed by atoms with Gasteiger partial charge in [0.2, 0.25) is 0 Å². The molecule has 2 aliphatic heterocycles. The van der Waals surface area contributed by atoms with Crippen molar-refractivity contribution in [2.75, 3.05) is 31.3 Å². The van der Waals surface area contributed by atoms with Crippen molar-refractivity contribution < 1.29 is 9.47 Å². The van der Waals surface area contributed by atoms with Gasteiger partial charge < -0.3 is 14.4 Å². The third-order valence-electron chi connectivity index (χ3n) is 6.57. The Morgan fingerprint density at radius 2 is 2.09 bits per heavy atom. The number of nitrogens with one attached hydrogen (secondary N) is 1. The first-order valence-corrected chi connectivity index (χ1v) is 11.6. The van der Waals surface area contributed by atoms with Crippen LogP contribution in [0.1, 0.15) is 32.4 Å².